The molecule has 10 aromatic rings. The average Bonchev–Trinajstić information content (AvgIpc) is 0.800. The second kappa shape index (κ2) is 36.4. The fourth-order valence-corrected chi connectivity index (χ4v) is 9.35. The summed E-state index contributed by atoms with van der Waals surface area (Å²) in [6.45, 7) is 0.0470. The average molecular weight is 1490 g/mol. The van der Waals surface area contributed by atoms with E-state index in [1.54, 1.807) is 84.9 Å². The molecule has 0 unspecified atom stereocenters. The number of nitrogen functional groups attached to an aromatic ring is 2. The number of hydrogen-bond donors (Lipinski definition) is 4. The van der Waals surface area contributed by atoms with Crippen LogP contribution in [0.3, 0.4) is 0 Å². The molecule has 99 heavy (non-hydrogen) atoms. The SMILES string of the molecule is Nc1ccc(-c2ccc(N)cc2C(=O)OCc2ccccc2)c(C(=O)OCc2ccccc2)c1.O=C(O)c1cc([N+](=O)[O-])ccc1-c1ccc([N+](=O)[O-])cc1C(=O)O.O=C(OCc1ccccc1)c1cc([N+](=O)[O-])ccc1-c1ccc([N+](=O)[O-])cc1C(=O)OCc1ccccc1.[CH3-].[Fe].[I-]. The minimum Gasteiger partial charge on any atom is -1.00 e. The van der Waals surface area contributed by atoms with Crippen molar-refractivity contribution in [2.24, 2.45) is 0 Å². The molecule has 0 aliphatic carbocycles. The molecule has 0 saturated heterocycles. The zero-order valence-corrected chi connectivity index (χ0v) is 54.9. The number of carbonyl (C=O) groups is 6. The van der Waals surface area contributed by atoms with Crippen LogP contribution in [0.5, 0.6) is 0 Å². The third-order valence-electron chi connectivity index (χ3n) is 14.0. The standard InChI is InChI=1S/C28H20N2O8.C28H24N2O4.C14H8N2O8.CH3.Fe.HI/c31-27(37-17-19-7-3-1-4-8-19)25-15-21(29(33)34)11-13-23(25)24-14-12-22(30(35)36)16-26(24)28(32)38-18-20-9-5-2-6-10-20;29-21-11-13-23(25(15-21)27(31)33-17-19-7-3-1-4-8-19)24-14-12-22(30)16-26(24)28(32)34-18-20-9-5-2-6-10-20;17-13(18)11-5-7(15(21)22)1-3-9(11)10-4-2-8(16(23)24)6-12(10)14(19)20;;;/h1-16H,17-18H2;1-16H,17-18,29-30H2;1-6H,(H,17,18)(H,19,20);1H3;;1H/q;;;-1;;/p-1. The van der Waals surface area contributed by atoms with Gasteiger partial charge in [0.1, 0.15) is 26.4 Å². The Labute approximate surface area is 590 Å². The van der Waals surface area contributed by atoms with Gasteiger partial charge in [-0.3, -0.25) is 40.5 Å². The Hall–Kier alpha value is -12.5. The monoisotopic (exact) mass is 1490 g/mol. The van der Waals surface area contributed by atoms with E-state index in [9.17, 15) is 79.4 Å². The molecule has 0 atom stereocenters. The van der Waals surface area contributed by atoms with Gasteiger partial charge in [0.05, 0.1) is 53.1 Å². The Morgan fingerprint density at radius 1 is 0.313 bits per heavy atom. The van der Waals surface area contributed by atoms with E-state index in [1.807, 2.05) is 60.7 Å². The summed E-state index contributed by atoms with van der Waals surface area (Å²) in [5.41, 5.74) is 14.4. The maximum absolute atomic E-state index is 13.1. The van der Waals surface area contributed by atoms with E-state index in [0.717, 1.165) is 59.7 Å². The number of benzene rings is 10. The maximum atomic E-state index is 13.1. The van der Waals surface area contributed by atoms with Crippen LogP contribution in [-0.4, -0.2) is 65.7 Å². The molecule has 0 aliphatic rings. The first kappa shape index (κ1) is 77.2. The number of esters is 4. The molecule has 0 fully saturated rings. The van der Waals surface area contributed by atoms with Crippen molar-refractivity contribution in [3.8, 4) is 33.4 Å². The second-order valence-corrected chi connectivity index (χ2v) is 20.4. The molecular formula is C71H55FeIN6O20-2. The fourth-order valence-electron chi connectivity index (χ4n) is 9.35. The number of aromatic carboxylic acids is 2. The number of non-ortho nitro benzene ring substituents is 4. The summed E-state index contributed by atoms with van der Waals surface area (Å²) >= 11 is 0. The number of carboxylic acid groups (broad SMARTS) is 2. The Kier molecular flexibility index (Phi) is 28.4. The molecule has 0 amide bonds. The molecule has 0 spiro atoms. The zero-order chi connectivity index (χ0) is 69.0. The van der Waals surface area contributed by atoms with Crippen LogP contribution in [0.25, 0.3) is 33.4 Å². The number of hydrogen-bond acceptors (Lipinski definition) is 20. The van der Waals surface area contributed by atoms with E-state index in [-0.39, 0.29) is 131 Å². The number of nitrogens with two attached hydrogens (primary N) is 2. The number of ether oxygens (including phenoxy) is 4. The quantitative estimate of drug-likeness (QED) is 0.00758. The summed E-state index contributed by atoms with van der Waals surface area (Å²) < 4.78 is 21.8. The van der Waals surface area contributed by atoms with E-state index >= 15 is 0 Å². The number of carbonyl (C=O) groups excluding carboxylic acids is 4. The number of nitrogens with zero attached hydrogens (tertiary/aromatic N) is 4. The number of anilines is 2. The van der Waals surface area contributed by atoms with Gasteiger partial charge in [-0.25, -0.2) is 28.8 Å². The van der Waals surface area contributed by atoms with E-state index in [0.29, 0.717) is 33.6 Å². The van der Waals surface area contributed by atoms with Gasteiger partial charge in [0.15, 0.2) is 0 Å². The van der Waals surface area contributed by atoms with Crippen LogP contribution in [0, 0.1) is 47.9 Å². The first-order chi connectivity index (χ1) is 46.1. The van der Waals surface area contributed by atoms with Crippen LogP contribution < -0.4 is 35.4 Å². The van der Waals surface area contributed by atoms with Gasteiger partial charge in [0.2, 0.25) is 0 Å². The van der Waals surface area contributed by atoms with Crippen LogP contribution in [0.4, 0.5) is 34.1 Å². The third kappa shape index (κ3) is 20.7. The van der Waals surface area contributed by atoms with Gasteiger partial charge in [0, 0.05) is 77.0 Å². The van der Waals surface area contributed by atoms with Crippen LogP contribution in [0.15, 0.2) is 231 Å². The van der Waals surface area contributed by atoms with Crippen LogP contribution in [0.1, 0.15) is 84.4 Å². The summed E-state index contributed by atoms with van der Waals surface area (Å²) in [6.07, 6.45) is 0. The van der Waals surface area contributed by atoms with Gasteiger partial charge in [-0.1, -0.05) is 133 Å². The number of rotatable bonds is 21. The van der Waals surface area contributed by atoms with Gasteiger partial charge < -0.3 is 72.0 Å². The fraction of sp³-hybridized carbons (Fsp3) is 0.0563. The van der Waals surface area contributed by atoms with Crippen molar-refractivity contribution in [3.05, 3.63) is 334 Å². The molecule has 26 nitrogen and oxygen atoms in total. The second-order valence-electron chi connectivity index (χ2n) is 20.4. The van der Waals surface area contributed by atoms with Gasteiger partial charge in [0.25, 0.3) is 22.7 Å². The number of nitro benzene ring substituents is 4. The predicted molar refractivity (Wildman–Crippen MR) is 354 cm³/mol. The number of halogens is 1. The molecule has 0 bridgehead atoms. The van der Waals surface area contributed by atoms with Crippen molar-refractivity contribution in [1.29, 1.82) is 0 Å². The topological polar surface area (TPSA) is 404 Å². The number of nitro groups is 4. The van der Waals surface area contributed by atoms with Crippen molar-refractivity contribution in [3.63, 3.8) is 0 Å². The first-order valence-corrected chi connectivity index (χ1v) is 28.3. The molecule has 10 rings (SSSR count). The summed E-state index contributed by atoms with van der Waals surface area (Å²) in [4.78, 5) is 116. The zero-order valence-electron chi connectivity index (χ0n) is 51.7. The molecule has 6 N–H and O–H groups in total. The predicted octanol–water partition coefficient (Wildman–Crippen LogP) is 11.1. The first-order valence-electron chi connectivity index (χ1n) is 28.3. The van der Waals surface area contributed by atoms with E-state index < -0.39 is 78.0 Å². The summed E-state index contributed by atoms with van der Waals surface area (Å²) in [5.74, 6) is -5.83. The van der Waals surface area contributed by atoms with Gasteiger partial charge >= 0.3 is 35.8 Å². The molecule has 506 valence electrons. The number of carboxylic acids is 2. The van der Waals surface area contributed by atoms with Crippen molar-refractivity contribution in [1.82, 2.24) is 0 Å². The van der Waals surface area contributed by atoms with Crippen molar-refractivity contribution >= 4 is 69.9 Å². The van der Waals surface area contributed by atoms with Crippen LogP contribution in [-0.2, 0) is 62.4 Å². The van der Waals surface area contributed by atoms with Crippen LogP contribution in [0.2, 0.25) is 0 Å². The van der Waals surface area contributed by atoms with Gasteiger partial charge in [-0.05, 0) is 104 Å². The van der Waals surface area contributed by atoms with Gasteiger partial charge in [-0.2, -0.15) is 0 Å². The van der Waals surface area contributed by atoms with Crippen molar-refractivity contribution in [2.45, 2.75) is 26.4 Å². The Balaban J connectivity index is 0.000000270. The Bertz CT molecular complexity index is 4340. The summed E-state index contributed by atoms with van der Waals surface area (Å²) in [7, 11) is 0. The molecule has 28 heteroatoms. The summed E-state index contributed by atoms with van der Waals surface area (Å²) in [5, 5.41) is 62.8. The molecule has 0 radical (unpaired) electrons. The Morgan fingerprint density at radius 3 is 0.717 bits per heavy atom. The minimum absolute atomic E-state index is 0. The Morgan fingerprint density at radius 2 is 0.505 bits per heavy atom. The minimum atomic E-state index is -1.50. The van der Waals surface area contributed by atoms with Crippen LogP contribution >= 0.6 is 0 Å². The normalized spacial score (nSPS) is 10.1. The van der Waals surface area contributed by atoms with E-state index in [4.69, 9.17) is 30.4 Å². The molecule has 0 saturated carbocycles. The smallest absolute Gasteiger partial charge is 0.339 e. The van der Waals surface area contributed by atoms with Crippen molar-refractivity contribution < 1.29 is 119 Å². The largest absolute Gasteiger partial charge is 1.00 e. The maximum Gasteiger partial charge on any atom is 0.339 e. The molecular weight excluding hydrogens is 1440 g/mol. The molecule has 0 aromatic heterocycles. The molecule has 10 aromatic carbocycles. The third-order valence-corrected chi connectivity index (χ3v) is 14.0. The van der Waals surface area contributed by atoms with E-state index in [1.165, 1.54) is 36.4 Å². The van der Waals surface area contributed by atoms with E-state index in [2.05, 4.69) is 0 Å². The molecule has 0 aliphatic heterocycles. The molecule has 0 heterocycles. The summed E-state index contributed by atoms with van der Waals surface area (Å²) in [6, 6.07) is 59.1. The van der Waals surface area contributed by atoms with Crippen molar-refractivity contribution in [2.75, 3.05) is 11.5 Å². The van der Waals surface area contributed by atoms with Gasteiger partial charge in [-0.15, -0.1) is 0 Å².